The van der Waals surface area contributed by atoms with Gasteiger partial charge in [-0.1, -0.05) is 12.1 Å². The lowest BCUT2D eigenvalue weighted by Gasteiger charge is -2.22. The van der Waals surface area contributed by atoms with Gasteiger partial charge in [0, 0.05) is 50.4 Å². The van der Waals surface area contributed by atoms with E-state index in [1.807, 2.05) is 29.8 Å². The number of imidazole rings is 1. The number of aromatic nitrogens is 2. The largest absolute Gasteiger partial charge is 0.464 e. The Bertz CT molecular complexity index is 1220. The molecule has 2 aromatic carbocycles. The zero-order valence-corrected chi connectivity index (χ0v) is 23.1. The SMILES string of the molecule is CCOC(=O)[C@H](Cc1ccc(F)cc1)NC(=O)C(N)CCc1nc2cc(N(CCCl)CCCl)ccc2n1C. The number of anilines is 1. The Kier molecular flexibility index (Phi) is 11.2. The molecule has 0 spiro atoms. The van der Waals surface area contributed by atoms with Gasteiger partial charge in [-0.2, -0.15) is 0 Å². The smallest absolute Gasteiger partial charge is 0.328 e. The quantitative estimate of drug-likeness (QED) is 0.229. The Morgan fingerprint density at radius 3 is 2.47 bits per heavy atom. The number of ether oxygens (including phenoxy) is 1. The van der Waals surface area contributed by atoms with E-state index < -0.39 is 24.0 Å². The highest BCUT2D eigenvalue weighted by Gasteiger charge is 2.25. The number of nitrogens with one attached hydrogen (secondary N) is 1. The summed E-state index contributed by atoms with van der Waals surface area (Å²) in [6.07, 6.45) is 0.950. The number of carbonyl (C=O) groups excluding carboxylic acids is 2. The molecule has 0 aliphatic rings. The summed E-state index contributed by atoms with van der Waals surface area (Å²) in [6, 6.07) is 9.96. The van der Waals surface area contributed by atoms with Crippen molar-refractivity contribution < 1.29 is 18.7 Å². The van der Waals surface area contributed by atoms with Crippen molar-refractivity contribution in [1.82, 2.24) is 14.9 Å². The van der Waals surface area contributed by atoms with E-state index in [4.69, 9.17) is 38.7 Å². The van der Waals surface area contributed by atoms with Crippen molar-refractivity contribution in [1.29, 1.82) is 0 Å². The van der Waals surface area contributed by atoms with Crippen LogP contribution in [0.25, 0.3) is 11.0 Å². The van der Waals surface area contributed by atoms with Crippen molar-refractivity contribution in [2.24, 2.45) is 12.8 Å². The number of esters is 1. The molecule has 3 rings (SSSR count). The maximum atomic E-state index is 13.3. The van der Waals surface area contributed by atoms with Crippen LogP contribution < -0.4 is 16.0 Å². The van der Waals surface area contributed by atoms with Crippen molar-refractivity contribution in [3.05, 3.63) is 59.7 Å². The van der Waals surface area contributed by atoms with Gasteiger partial charge in [0.1, 0.15) is 17.7 Å². The summed E-state index contributed by atoms with van der Waals surface area (Å²) >= 11 is 11.9. The van der Waals surface area contributed by atoms with Gasteiger partial charge in [0.25, 0.3) is 0 Å². The number of nitrogens with zero attached hydrogens (tertiary/aromatic N) is 3. The van der Waals surface area contributed by atoms with Crippen molar-refractivity contribution in [2.45, 2.75) is 38.3 Å². The van der Waals surface area contributed by atoms with E-state index >= 15 is 0 Å². The molecule has 0 saturated heterocycles. The predicted molar refractivity (Wildman–Crippen MR) is 149 cm³/mol. The first kappa shape index (κ1) is 29.7. The third-order valence-corrected chi connectivity index (χ3v) is 6.63. The van der Waals surface area contributed by atoms with Gasteiger partial charge in [-0.25, -0.2) is 14.2 Å². The van der Waals surface area contributed by atoms with Crippen LogP contribution in [0.5, 0.6) is 0 Å². The molecule has 1 amide bonds. The van der Waals surface area contributed by atoms with Crippen LogP contribution in [0.2, 0.25) is 0 Å². The third-order valence-electron chi connectivity index (χ3n) is 6.29. The molecule has 8 nitrogen and oxygen atoms in total. The second-order valence-electron chi connectivity index (χ2n) is 8.91. The summed E-state index contributed by atoms with van der Waals surface area (Å²) in [6.45, 7) is 3.22. The zero-order chi connectivity index (χ0) is 27.7. The van der Waals surface area contributed by atoms with Crippen LogP contribution >= 0.6 is 23.2 Å². The van der Waals surface area contributed by atoms with Crippen LogP contribution in [0, 0.1) is 5.82 Å². The number of amides is 1. The van der Waals surface area contributed by atoms with Crippen LogP contribution in [0.4, 0.5) is 10.1 Å². The summed E-state index contributed by atoms with van der Waals surface area (Å²) in [5, 5.41) is 2.70. The third kappa shape index (κ3) is 7.82. The molecule has 38 heavy (non-hydrogen) atoms. The highest BCUT2D eigenvalue weighted by atomic mass is 35.5. The lowest BCUT2D eigenvalue weighted by molar-refractivity contribution is -0.147. The van der Waals surface area contributed by atoms with Gasteiger partial charge in [0.05, 0.1) is 23.7 Å². The lowest BCUT2D eigenvalue weighted by Crippen LogP contribution is -2.50. The minimum absolute atomic E-state index is 0.162. The maximum Gasteiger partial charge on any atom is 0.328 e. The monoisotopic (exact) mass is 565 g/mol. The molecule has 1 unspecified atom stereocenters. The molecular formula is C27H34Cl2FN5O3. The van der Waals surface area contributed by atoms with E-state index in [1.54, 1.807) is 19.1 Å². The number of alkyl halides is 2. The molecule has 2 atom stereocenters. The average Bonchev–Trinajstić information content (AvgIpc) is 3.22. The summed E-state index contributed by atoms with van der Waals surface area (Å²) in [4.78, 5) is 32.2. The van der Waals surface area contributed by atoms with Crippen LogP contribution in [0.15, 0.2) is 42.5 Å². The summed E-state index contributed by atoms with van der Waals surface area (Å²) in [5.74, 6) is 0.348. The summed E-state index contributed by atoms with van der Waals surface area (Å²) in [5.41, 5.74) is 9.66. The van der Waals surface area contributed by atoms with Gasteiger partial charge in [0.15, 0.2) is 0 Å². The van der Waals surface area contributed by atoms with E-state index in [-0.39, 0.29) is 18.8 Å². The van der Waals surface area contributed by atoms with Crippen LogP contribution in [0.3, 0.4) is 0 Å². The number of hydrogen-bond acceptors (Lipinski definition) is 6. The standard InChI is InChI=1S/C27H34Cl2FN5O3/c1-3-38-27(37)23(16-18-4-6-19(30)7-5-18)33-26(36)21(31)9-11-25-32-22-17-20(8-10-24(22)34(25)2)35(14-12-28)15-13-29/h4-8,10,17,21,23H,3,9,11-16,31H2,1-2H3,(H,33,36)/t21?,23-/m0/s1. The second kappa shape index (κ2) is 14.3. The fourth-order valence-corrected chi connectivity index (χ4v) is 4.63. The molecule has 1 aromatic heterocycles. The lowest BCUT2D eigenvalue weighted by atomic mass is 10.0. The molecule has 1 heterocycles. The molecule has 0 fully saturated rings. The predicted octanol–water partition coefficient (Wildman–Crippen LogP) is 3.55. The van der Waals surface area contributed by atoms with Gasteiger partial charge in [-0.05, 0) is 49.2 Å². The number of carbonyl (C=O) groups is 2. The van der Waals surface area contributed by atoms with E-state index in [9.17, 15) is 14.0 Å². The second-order valence-corrected chi connectivity index (χ2v) is 9.67. The van der Waals surface area contributed by atoms with Gasteiger partial charge in [-0.3, -0.25) is 4.79 Å². The molecule has 11 heteroatoms. The van der Waals surface area contributed by atoms with Gasteiger partial charge >= 0.3 is 5.97 Å². The minimum Gasteiger partial charge on any atom is -0.464 e. The number of halogens is 3. The van der Waals surface area contributed by atoms with E-state index in [0.29, 0.717) is 43.3 Å². The van der Waals surface area contributed by atoms with Gasteiger partial charge < -0.3 is 25.3 Å². The van der Waals surface area contributed by atoms with Gasteiger partial charge in [-0.15, -0.1) is 23.2 Å². The fraction of sp³-hybridized carbons (Fsp3) is 0.444. The molecule has 0 aliphatic heterocycles. The zero-order valence-electron chi connectivity index (χ0n) is 21.6. The topological polar surface area (TPSA) is 102 Å². The number of benzene rings is 2. The van der Waals surface area contributed by atoms with Crippen LogP contribution in [-0.4, -0.2) is 65.0 Å². The van der Waals surface area contributed by atoms with E-state index in [1.165, 1.54) is 12.1 Å². The summed E-state index contributed by atoms with van der Waals surface area (Å²) in [7, 11) is 1.92. The summed E-state index contributed by atoms with van der Waals surface area (Å²) < 4.78 is 20.4. The highest BCUT2D eigenvalue weighted by molar-refractivity contribution is 6.18. The molecule has 0 bridgehead atoms. The highest BCUT2D eigenvalue weighted by Crippen LogP contribution is 2.23. The molecule has 0 radical (unpaired) electrons. The number of rotatable bonds is 14. The number of fused-ring (bicyclic) bond motifs is 1. The Morgan fingerprint density at radius 2 is 1.84 bits per heavy atom. The maximum absolute atomic E-state index is 13.3. The normalized spacial score (nSPS) is 12.8. The first-order valence-corrected chi connectivity index (χ1v) is 13.6. The Morgan fingerprint density at radius 1 is 1.16 bits per heavy atom. The van der Waals surface area contributed by atoms with Crippen molar-refractivity contribution in [3.63, 3.8) is 0 Å². The molecular weight excluding hydrogens is 532 g/mol. The molecule has 206 valence electrons. The first-order valence-electron chi connectivity index (χ1n) is 12.6. The van der Waals surface area contributed by atoms with Crippen molar-refractivity contribution >= 4 is 51.8 Å². The number of aryl methyl sites for hydroxylation is 2. The Hall–Kier alpha value is -2.88. The fourth-order valence-electron chi connectivity index (χ4n) is 4.22. The van der Waals surface area contributed by atoms with E-state index in [0.717, 1.165) is 22.5 Å². The molecule has 3 N–H and O–H groups in total. The van der Waals surface area contributed by atoms with Crippen LogP contribution in [-0.2, 0) is 34.2 Å². The molecule has 0 saturated carbocycles. The van der Waals surface area contributed by atoms with Crippen LogP contribution in [0.1, 0.15) is 24.7 Å². The Labute approximate surface area is 232 Å². The average molecular weight is 567 g/mol. The first-order chi connectivity index (χ1) is 18.3. The number of nitrogens with two attached hydrogens (primary N) is 1. The van der Waals surface area contributed by atoms with Crippen molar-refractivity contribution in [3.8, 4) is 0 Å². The molecule has 3 aromatic rings. The van der Waals surface area contributed by atoms with Crippen molar-refractivity contribution in [2.75, 3.05) is 36.4 Å². The minimum atomic E-state index is -0.933. The molecule has 0 aliphatic carbocycles. The van der Waals surface area contributed by atoms with E-state index in [2.05, 4.69) is 10.2 Å². The van der Waals surface area contributed by atoms with Gasteiger partial charge in [0.2, 0.25) is 5.91 Å². The Balaban J connectivity index is 1.66. The number of hydrogen-bond donors (Lipinski definition) is 2.